The van der Waals surface area contributed by atoms with Crippen molar-refractivity contribution in [3.05, 3.63) is 59.7 Å². The van der Waals surface area contributed by atoms with Gasteiger partial charge in [0, 0.05) is 5.69 Å². The van der Waals surface area contributed by atoms with Crippen molar-refractivity contribution in [2.75, 3.05) is 18.5 Å². The molecule has 5 heteroatoms. The zero-order valence-electron chi connectivity index (χ0n) is 14.3. The first-order valence-electron chi connectivity index (χ1n) is 8.05. The highest BCUT2D eigenvalue weighted by Gasteiger charge is 2.10. The van der Waals surface area contributed by atoms with E-state index in [0.29, 0.717) is 24.7 Å². The summed E-state index contributed by atoms with van der Waals surface area (Å²) in [5.41, 5.74) is 1.34. The van der Waals surface area contributed by atoms with Gasteiger partial charge in [-0.15, -0.1) is 0 Å². The molecule has 2 aromatic carbocycles. The summed E-state index contributed by atoms with van der Waals surface area (Å²) in [5.74, 6) is 0.957. The van der Waals surface area contributed by atoms with Crippen LogP contribution < -0.4 is 14.8 Å². The molecule has 0 unspecified atom stereocenters. The Morgan fingerprint density at radius 2 is 1.76 bits per heavy atom. The van der Waals surface area contributed by atoms with Crippen molar-refractivity contribution < 1.29 is 14.3 Å². The summed E-state index contributed by atoms with van der Waals surface area (Å²) < 4.78 is 10.8. The van der Waals surface area contributed by atoms with E-state index in [9.17, 15) is 10.1 Å². The van der Waals surface area contributed by atoms with Crippen molar-refractivity contribution in [1.82, 2.24) is 0 Å². The molecule has 2 aromatic rings. The second-order valence-electron chi connectivity index (χ2n) is 5.09. The molecule has 0 heterocycles. The van der Waals surface area contributed by atoms with Crippen LogP contribution in [0.2, 0.25) is 0 Å². The summed E-state index contributed by atoms with van der Waals surface area (Å²) in [4.78, 5) is 12.3. The van der Waals surface area contributed by atoms with Crippen molar-refractivity contribution >= 4 is 17.7 Å². The molecule has 0 bridgehead atoms. The predicted octanol–water partition coefficient (Wildman–Crippen LogP) is 4.03. The zero-order valence-corrected chi connectivity index (χ0v) is 14.3. The van der Waals surface area contributed by atoms with Crippen LogP contribution >= 0.6 is 0 Å². The lowest BCUT2D eigenvalue weighted by molar-refractivity contribution is -0.112. The van der Waals surface area contributed by atoms with E-state index in [1.54, 1.807) is 30.3 Å². The van der Waals surface area contributed by atoms with Crippen LogP contribution in [0.4, 0.5) is 5.69 Å². The number of amides is 1. The van der Waals surface area contributed by atoms with E-state index in [-0.39, 0.29) is 5.57 Å². The van der Waals surface area contributed by atoms with E-state index < -0.39 is 5.91 Å². The van der Waals surface area contributed by atoms with Crippen LogP contribution in [-0.2, 0) is 4.79 Å². The maximum atomic E-state index is 12.3. The van der Waals surface area contributed by atoms with E-state index in [1.165, 1.54) is 6.08 Å². The van der Waals surface area contributed by atoms with Crippen LogP contribution in [0, 0.1) is 11.3 Å². The van der Waals surface area contributed by atoms with Crippen molar-refractivity contribution in [2.45, 2.75) is 13.8 Å². The molecule has 0 aliphatic carbocycles. The van der Waals surface area contributed by atoms with Crippen molar-refractivity contribution in [2.24, 2.45) is 0 Å². The van der Waals surface area contributed by atoms with Crippen molar-refractivity contribution in [1.29, 1.82) is 5.26 Å². The lowest BCUT2D eigenvalue weighted by Crippen LogP contribution is -2.13. The number of nitrogens with one attached hydrogen (secondary N) is 1. The fourth-order valence-electron chi connectivity index (χ4n) is 2.18. The SMILES string of the molecule is CCOc1ccc(NC(=O)/C(C#N)=C\c2cccc(OCC)c2)cc1. The third kappa shape index (κ3) is 5.40. The highest BCUT2D eigenvalue weighted by Crippen LogP contribution is 2.18. The normalized spacial score (nSPS) is 10.7. The van der Waals surface area contributed by atoms with Crippen LogP contribution in [0.1, 0.15) is 19.4 Å². The lowest BCUT2D eigenvalue weighted by atomic mass is 10.1. The second kappa shape index (κ2) is 9.14. The Morgan fingerprint density at radius 1 is 1.08 bits per heavy atom. The minimum atomic E-state index is -0.464. The van der Waals surface area contributed by atoms with Gasteiger partial charge in [-0.25, -0.2) is 0 Å². The van der Waals surface area contributed by atoms with E-state index in [1.807, 2.05) is 38.1 Å². The number of rotatable bonds is 7. The molecule has 0 aromatic heterocycles. The van der Waals surface area contributed by atoms with E-state index >= 15 is 0 Å². The van der Waals surface area contributed by atoms with Gasteiger partial charge in [0.2, 0.25) is 0 Å². The van der Waals surface area contributed by atoms with Crippen LogP contribution in [0.5, 0.6) is 11.5 Å². The molecule has 0 aliphatic rings. The largest absolute Gasteiger partial charge is 0.494 e. The molecule has 5 nitrogen and oxygen atoms in total. The van der Waals surface area contributed by atoms with E-state index in [0.717, 1.165) is 11.3 Å². The molecule has 2 rings (SSSR count). The summed E-state index contributed by atoms with van der Waals surface area (Å²) >= 11 is 0. The third-order valence-electron chi connectivity index (χ3n) is 3.27. The first-order valence-corrected chi connectivity index (χ1v) is 8.05. The molecule has 0 radical (unpaired) electrons. The molecular weight excluding hydrogens is 316 g/mol. The van der Waals surface area contributed by atoms with Gasteiger partial charge in [0.05, 0.1) is 13.2 Å². The molecule has 1 N–H and O–H groups in total. The maximum Gasteiger partial charge on any atom is 0.266 e. The quantitative estimate of drug-likeness (QED) is 0.612. The Labute approximate surface area is 147 Å². The highest BCUT2D eigenvalue weighted by atomic mass is 16.5. The number of carbonyl (C=O) groups is 1. The fraction of sp³-hybridized carbons (Fsp3) is 0.200. The molecule has 0 fully saturated rings. The number of anilines is 1. The second-order valence-corrected chi connectivity index (χ2v) is 5.09. The first kappa shape index (κ1) is 18.1. The summed E-state index contributed by atoms with van der Waals surface area (Å²) in [7, 11) is 0. The standard InChI is InChI=1S/C20H20N2O3/c1-3-24-18-10-8-17(9-11-18)22-20(23)16(14-21)12-15-6-5-7-19(13-15)25-4-2/h5-13H,3-4H2,1-2H3,(H,22,23)/b16-12-. The van der Waals surface area contributed by atoms with E-state index in [2.05, 4.69) is 5.32 Å². The summed E-state index contributed by atoms with van der Waals surface area (Å²) in [5, 5.41) is 12.0. The zero-order chi connectivity index (χ0) is 18.1. The number of carbonyl (C=O) groups excluding carboxylic acids is 1. The van der Waals surface area contributed by atoms with Crippen LogP contribution in [-0.4, -0.2) is 19.1 Å². The maximum absolute atomic E-state index is 12.3. The molecular formula is C20H20N2O3. The van der Waals surface area contributed by atoms with E-state index in [4.69, 9.17) is 9.47 Å². The van der Waals surface area contributed by atoms with Crippen molar-refractivity contribution in [3.8, 4) is 17.6 Å². The van der Waals surface area contributed by atoms with Gasteiger partial charge in [-0.3, -0.25) is 4.79 Å². The topological polar surface area (TPSA) is 71.3 Å². The summed E-state index contributed by atoms with van der Waals surface area (Å²) in [6.45, 7) is 4.93. The smallest absolute Gasteiger partial charge is 0.266 e. The van der Waals surface area contributed by atoms with Gasteiger partial charge in [-0.1, -0.05) is 12.1 Å². The first-order chi connectivity index (χ1) is 12.2. The van der Waals surface area contributed by atoms with Gasteiger partial charge < -0.3 is 14.8 Å². The number of nitrogens with zero attached hydrogens (tertiary/aromatic N) is 1. The molecule has 128 valence electrons. The Morgan fingerprint density at radius 3 is 2.40 bits per heavy atom. The van der Waals surface area contributed by atoms with Gasteiger partial charge in [0.25, 0.3) is 5.91 Å². The molecule has 0 saturated carbocycles. The average molecular weight is 336 g/mol. The number of nitriles is 1. The fourth-order valence-corrected chi connectivity index (χ4v) is 2.18. The molecule has 1 amide bonds. The lowest BCUT2D eigenvalue weighted by Gasteiger charge is -2.07. The Balaban J connectivity index is 2.12. The average Bonchev–Trinajstić information content (AvgIpc) is 2.62. The van der Waals surface area contributed by atoms with Crippen LogP contribution in [0.25, 0.3) is 6.08 Å². The molecule has 0 saturated heterocycles. The predicted molar refractivity (Wildman–Crippen MR) is 97.4 cm³/mol. The number of hydrogen-bond acceptors (Lipinski definition) is 4. The monoisotopic (exact) mass is 336 g/mol. The third-order valence-corrected chi connectivity index (χ3v) is 3.27. The van der Waals surface area contributed by atoms with Gasteiger partial charge in [0.1, 0.15) is 23.1 Å². The summed E-state index contributed by atoms with van der Waals surface area (Å²) in [6, 6.07) is 16.2. The van der Waals surface area contributed by atoms with Crippen LogP contribution in [0.3, 0.4) is 0 Å². The van der Waals surface area contributed by atoms with Gasteiger partial charge >= 0.3 is 0 Å². The Bertz CT molecular complexity index is 789. The van der Waals surface area contributed by atoms with Crippen molar-refractivity contribution in [3.63, 3.8) is 0 Å². The molecule has 0 aliphatic heterocycles. The Hall–Kier alpha value is -3.26. The highest BCUT2D eigenvalue weighted by molar-refractivity contribution is 6.09. The van der Waals surface area contributed by atoms with Gasteiger partial charge in [0.15, 0.2) is 0 Å². The van der Waals surface area contributed by atoms with Crippen LogP contribution in [0.15, 0.2) is 54.1 Å². The Kier molecular flexibility index (Phi) is 6.61. The van der Waals surface area contributed by atoms with Gasteiger partial charge in [-0.05, 0) is 61.9 Å². The summed E-state index contributed by atoms with van der Waals surface area (Å²) in [6.07, 6.45) is 1.53. The molecule has 0 atom stereocenters. The molecule has 25 heavy (non-hydrogen) atoms. The number of hydrogen-bond donors (Lipinski definition) is 1. The van der Waals surface area contributed by atoms with Gasteiger partial charge in [-0.2, -0.15) is 5.26 Å². The minimum absolute atomic E-state index is 0.0162. The number of ether oxygens (including phenoxy) is 2. The molecule has 0 spiro atoms. The minimum Gasteiger partial charge on any atom is -0.494 e. The number of benzene rings is 2.